The van der Waals surface area contributed by atoms with Crippen LogP contribution in [-0.4, -0.2) is 28.0 Å². The molecule has 0 atom stereocenters. The second-order valence-electron chi connectivity index (χ2n) is 5.42. The van der Waals surface area contributed by atoms with Crippen LogP contribution < -0.4 is 5.32 Å². The molecule has 0 aromatic carbocycles. The molecule has 3 rings (SSSR count). The van der Waals surface area contributed by atoms with Gasteiger partial charge in [-0.3, -0.25) is 4.98 Å². The van der Waals surface area contributed by atoms with Gasteiger partial charge >= 0.3 is 0 Å². The van der Waals surface area contributed by atoms with Crippen molar-refractivity contribution in [3.05, 3.63) is 42.0 Å². The molecule has 1 aliphatic heterocycles. The summed E-state index contributed by atoms with van der Waals surface area (Å²) in [5, 5.41) is 3.40. The first-order valence-corrected chi connectivity index (χ1v) is 7.28. The van der Waals surface area contributed by atoms with E-state index in [1.807, 2.05) is 31.2 Å². The summed E-state index contributed by atoms with van der Waals surface area (Å²) >= 11 is 0. The van der Waals surface area contributed by atoms with Gasteiger partial charge in [-0.05, 0) is 57.0 Å². The Hall–Kier alpha value is -1.81. The first-order chi connectivity index (χ1) is 9.81. The van der Waals surface area contributed by atoms with Crippen LogP contribution in [-0.2, 0) is 6.42 Å². The number of rotatable bonds is 3. The molecule has 0 radical (unpaired) electrons. The number of nitrogens with zero attached hydrogens (tertiary/aromatic N) is 3. The lowest BCUT2D eigenvalue weighted by atomic mass is 9.94. The minimum atomic E-state index is 0.703. The first-order valence-electron chi connectivity index (χ1n) is 7.28. The van der Waals surface area contributed by atoms with Crippen molar-refractivity contribution in [2.45, 2.75) is 26.2 Å². The Morgan fingerprint density at radius 1 is 1.15 bits per heavy atom. The van der Waals surface area contributed by atoms with Gasteiger partial charge in [0.25, 0.3) is 0 Å². The lowest BCUT2D eigenvalue weighted by Gasteiger charge is -2.22. The van der Waals surface area contributed by atoms with Crippen molar-refractivity contribution in [2.24, 2.45) is 5.92 Å². The Kier molecular flexibility index (Phi) is 4.02. The minimum absolute atomic E-state index is 0.703. The van der Waals surface area contributed by atoms with Crippen molar-refractivity contribution in [1.82, 2.24) is 20.3 Å². The number of nitrogens with one attached hydrogen (secondary N) is 1. The van der Waals surface area contributed by atoms with Crippen LogP contribution in [0.1, 0.15) is 24.4 Å². The van der Waals surface area contributed by atoms with Gasteiger partial charge in [-0.2, -0.15) is 0 Å². The summed E-state index contributed by atoms with van der Waals surface area (Å²) < 4.78 is 0. The predicted molar refractivity (Wildman–Crippen MR) is 79.3 cm³/mol. The summed E-state index contributed by atoms with van der Waals surface area (Å²) in [6.07, 6.45) is 5.22. The molecule has 20 heavy (non-hydrogen) atoms. The van der Waals surface area contributed by atoms with Crippen molar-refractivity contribution >= 4 is 0 Å². The molecule has 104 valence electrons. The van der Waals surface area contributed by atoms with E-state index in [-0.39, 0.29) is 0 Å². The van der Waals surface area contributed by atoms with Crippen molar-refractivity contribution in [1.29, 1.82) is 0 Å². The smallest absolute Gasteiger partial charge is 0.129 e. The van der Waals surface area contributed by atoms with Crippen molar-refractivity contribution in [3.63, 3.8) is 0 Å². The average Bonchev–Trinajstić information content (AvgIpc) is 2.49. The molecule has 4 nitrogen and oxygen atoms in total. The molecular weight excluding hydrogens is 248 g/mol. The van der Waals surface area contributed by atoms with E-state index in [9.17, 15) is 0 Å². The molecule has 0 amide bonds. The van der Waals surface area contributed by atoms with E-state index in [0.717, 1.165) is 42.4 Å². The monoisotopic (exact) mass is 268 g/mol. The molecule has 0 unspecified atom stereocenters. The Balaban J connectivity index is 1.83. The number of hydrogen-bond donors (Lipinski definition) is 1. The lowest BCUT2D eigenvalue weighted by molar-refractivity contribution is 0.367. The zero-order valence-electron chi connectivity index (χ0n) is 11.8. The summed E-state index contributed by atoms with van der Waals surface area (Å²) in [6.45, 7) is 4.26. The van der Waals surface area contributed by atoms with Gasteiger partial charge in [0.05, 0.1) is 11.4 Å². The summed E-state index contributed by atoms with van der Waals surface area (Å²) in [5.74, 6) is 1.66. The van der Waals surface area contributed by atoms with Crippen LogP contribution in [0.25, 0.3) is 11.4 Å². The van der Waals surface area contributed by atoms with Crippen LogP contribution in [0.5, 0.6) is 0 Å². The number of hydrogen-bond acceptors (Lipinski definition) is 4. The van der Waals surface area contributed by atoms with Crippen molar-refractivity contribution < 1.29 is 0 Å². The third-order valence-corrected chi connectivity index (χ3v) is 3.76. The van der Waals surface area contributed by atoms with Gasteiger partial charge in [0, 0.05) is 18.3 Å². The van der Waals surface area contributed by atoms with Crippen molar-refractivity contribution in [2.75, 3.05) is 13.1 Å². The number of aryl methyl sites for hydroxylation is 1. The predicted octanol–water partition coefficient (Wildman–Crippen LogP) is 2.39. The Bertz CT molecular complexity index is 562. The van der Waals surface area contributed by atoms with Gasteiger partial charge in [0.1, 0.15) is 5.82 Å². The Morgan fingerprint density at radius 2 is 2.00 bits per heavy atom. The van der Waals surface area contributed by atoms with Gasteiger partial charge in [0.15, 0.2) is 0 Å². The maximum absolute atomic E-state index is 4.70. The summed E-state index contributed by atoms with van der Waals surface area (Å²) in [7, 11) is 0. The molecule has 1 saturated heterocycles. The number of pyridine rings is 1. The Morgan fingerprint density at radius 3 is 2.75 bits per heavy atom. The highest BCUT2D eigenvalue weighted by Gasteiger charge is 2.16. The van der Waals surface area contributed by atoms with Crippen LogP contribution >= 0.6 is 0 Å². The van der Waals surface area contributed by atoms with Gasteiger partial charge in [-0.25, -0.2) is 9.97 Å². The molecule has 3 heterocycles. The molecule has 0 saturated carbocycles. The van der Waals surface area contributed by atoms with E-state index in [0.29, 0.717) is 5.92 Å². The third kappa shape index (κ3) is 3.20. The molecule has 2 aromatic rings. The van der Waals surface area contributed by atoms with Gasteiger partial charge in [-0.15, -0.1) is 0 Å². The molecule has 0 bridgehead atoms. The highest BCUT2D eigenvalue weighted by atomic mass is 14.9. The maximum Gasteiger partial charge on any atom is 0.129 e. The van der Waals surface area contributed by atoms with Gasteiger partial charge in [0.2, 0.25) is 0 Å². The number of aromatic nitrogens is 3. The van der Waals surface area contributed by atoms with Crippen LogP contribution in [0.4, 0.5) is 0 Å². The van der Waals surface area contributed by atoms with E-state index in [1.54, 1.807) is 6.20 Å². The van der Waals surface area contributed by atoms with Gasteiger partial charge < -0.3 is 5.32 Å². The molecule has 0 spiro atoms. The van der Waals surface area contributed by atoms with E-state index in [4.69, 9.17) is 4.98 Å². The van der Waals surface area contributed by atoms with E-state index in [2.05, 4.69) is 15.3 Å². The molecule has 4 heteroatoms. The Labute approximate surface area is 119 Å². The minimum Gasteiger partial charge on any atom is -0.317 e. The summed E-state index contributed by atoms with van der Waals surface area (Å²) in [4.78, 5) is 13.7. The summed E-state index contributed by atoms with van der Waals surface area (Å²) in [5.41, 5.74) is 2.87. The largest absolute Gasteiger partial charge is 0.317 e. The topological polar surface area (TPSA) is 50.7 Å². The zero-order chi connectivity index (χ0) is 13.8. The maximum atomic E-state index is 4.70. The van der Waals surface area contributed by atoms with Gasteiger partial charge in [-0.1, -0.05) is 6.07 Å². The highest BCUT2D eigenvalue weighted by molar-refractivity contribution is 5.53. The molecule has 1 aliphatic rings. The zero-order valence-corrected chi connectivity index (χ0v) is 11.8. The van der Waals surface area contributed by atoms with E-state index < -0.39 is 0 Å². The normalized spacial score (nSPS) is 16.2. The fraction of sp³-hybridized carbons (Fsp3) is 0.438. The lowest BCUT2D eigenvalue weighted by Crippen LogP contribution is -2.29. The van der Waals surface area contributed by atoms with Crippen molar-refractivity contribution in [3.8, 4) is 11.4 Å². The molecule has 1 fully saturated rings. The molecule has 1 N–H and O–H groups in total. The second kappa shape index (κ2) is 6.09. The van der Waals surface area contributed by atoms with E-state index in [1.165, 1.54) is 12.8 Å². The molecular formula is C16H20N4. The van der Waals surface area contributed by atoms with Crippen LogP contribution in [0.3, 0.4) is 0 Å². The van der Waals surface area contributed by atoms with Crippen LogP contribution in [0.15, 0.2) is 30.5 Å². The van der Waals surface area contributed by atoms with E-state index >= 15 is 0 Å². The molecule has 2 aromatic heterocycles. The second-order valence-corrected chi connectivity index (χ2v) is 5.42. The first kappa shape index (κ1) is 13.2. The third-order valence-electron chi connectivity index (χ3n) is 3.76. The fourth-order valence-corrected chi connectivity index (χ4v) is 2.71. The summed E-state index contributed by atoms with van der Waals surface area (Å²) in [6, 6.07) is 7.92. The van der Waals surface area contributed by atoms with Crippen LogP contribution in [0.2, 0.25) is 0 Å². The molecule has 0 aliphatic carbocycles. The number of piperidine rings is 1. The average molecular weight is 268 g/mol. The highest BCUT2D eigenvalue weighted by Crippen LogP contribution is 2.19. The van der Waals surface area contributed by atoms with Crippen LogP contribution in [0, 0.1) is 12.8 Å². The SMILES string of the molecule is Cc1cc(-c2ccccn2)nc(CC2CCNCC2)n1. The standard InChI is InChI=1S/C16H20N4/c1-12-10-15(14-4-2-3-7-18-14)20-16(19-12)11-13-5-8-17-9-6-13/h2-4,7,10,13,17H,5-6,8-9,11H2,1H3. The quantitative estimate of drug-likeness (QED) is 0.928. The fourth-order valence-electron chi connectivity index (χ4n) is 2.71.